The van der Waals surface area contributed by atoms with Crippen LogP contribution in [-0.2, 0) is 0 Å². The minimum Gasteiger partial charge on any atom is -0.323 e. The molecule has 2 aromatic rings. The van der Waals surface area contributed by atoms with E-state index >= 15 is 0 Å². The molecule has 4 N–H and O–H groups in total. The van der Waals surface area contributed by atoms with Crippen LogP contribution in [0.2, 0.25) is 0 Å². The summed E-state index contributed by atoms with van der Waals surface area (Å²) in [5.41, 5.74) is 4.45. The second-order valence-electron chi connectivity index (χ2n) is 5.22. The number of hydrazine groups is 1. The molecule has 0 radical (unpaired) electrons. The van der Waals surface area contributed by atoms with Crippen molar-refractivity contribution in [2.45, 2.75) is 31.7 Å². The van der Waals surface area contributed by atoms with Gasteiger partial charge in [-0.1, -0.05) is 25.0 Å². The maximum atomic E-state index is 5.60. The van der Waals surface area contributed by atoms with Crippen molar-refractivity contribution in [2.75, 3.05) is 5.32 Å². The van der Waals surface area contributed by atoms with E-state index in [1.165, 1.54) is 12.8 Å². The van der Waals surface area contributed by atoms with Crippen LogP contribution >= 0.6 is 15.9 Å². The Hall–Kier alpha value is -1.66. The van der Waals surface area contributed by atoms with Crippen molar-refractivity contribution in [1.29, 1.82) is 0 Å². The molecule has 110 valence electrons. The number of aromatic nitrogens is 1. The highest BCUT2D eigenvalue weighted by Crippen LogP contribution is 2.24. The summed E-state index contributed by atoms with van der Waals surface area (Å²) in [5, 5.41) is 4.32. The fourth-order valence-electron chi connectivity index (χ4n) is 2.68. The number of benzene rings is 1. The van der Waals surface area contributed by atoms with Crippen LogP contribution in [0.5, 0.6) is 0 Å². The SMILES string of the molecule is NNC(=NC1CCCC1)Nc1cccc2cc(Br)cnc12. The van der Waals surface area contributed by atoms with Gasteiger partial charge in [-0.25, -0.2) is 10.8 Å². The van der Waals surface area contributed by atoms with Crippen LogP contribution in [0.15, 0.2) is 39.9 Å². The van der Waals surface area contributed by atoms with Gasteiger partial charge >= 0.3 is 0 Å². The average molecular weight is 348 g/mol. The Morgan fingerprint density at radius 3 is 2.90 bits per heavy atom. The number of anilines is 1. The summed E-state index contributed by atoms with van der Waals surface area (Å²) in [7, 11) is 0. The maximum Gasteiger partial charge on any atom is 0.210 e. The Morgan fingerprint density at radius 1 is 1.33 bits per heavy atom. The van der Waals surface area contributed by atoms with E-state index < -0.39 is 0 Å². The van der Waals surface area contributed by atoms with Gasteiger partial charge in [0.25, 0.3) is 0 Å². The van der Waals surface area contributed by atoms with E-state index in [0.717, 1.165) is 33.9 Å². The van der Waals surface area contributed by atoms with Crippen molar-refractivity contribution < 1.29 is 0 Å². The number of aliphatic imine (C=N–C) groups is 1. The molecular formula is C15H18BrN5. The van der Waals surface area contributed by atoms with E-state index in [0.29, 0.717) is 12.0 Å². The molecule has 21 heavy (non-hydrogen) atoms. The summed E-state index contributed by atoms with van der Waals surface area (Å²) in [4.78, 5) is 9.11. The molecule has 0 aliphatic heterocycles. The van der Waals surface area contributed by atoms with Crippen LogP contribution in [0.1, 0.15) is 25.7 Å². The number of rotatable bonds is 2. The zero-order chi connectivity index (χ0) is 14.7. The van der Waals surface area contributed by atoms with Gasteiger partial charge in [-0.2, -0.15) is 0 Å². The molecule has 1 fully saturated rings. The molecule has 1 aliphatic rings. The molecule has 1 aliphatic carbocycles. The summed E-state index contributed by atoms with van der Waals surface area (Å²) in [6.07, 6.45) is 6.55. The van der Waals surface area contributed by atoms with Crippen molar-refractivity contribution in [3.05, 3.63) is 34.9 Å². The second-order valence-corrected chi connectivity index (χ2v) is 6.13. The summed E-state index contributed by atoms with van der Waals surface area (Å²) in [5.74, 6) is 6.19. The standard InChI is InChI=1S/C15H18BrN5/c16-11-8-10-4-3-7-13(14(10)18-9-11)20-15(21-17)19-12-5-1-2-6-12/h3-4,7-9,12H,1-2,5-6,17H2,(H2,19,20,21). The van der Waals surface area contributed by atoms with Gasteiger partial charge in [-0.15, -0.1) is 0 Å². The van der Waals surface area contributed by atoms with Gasteiger partial charge in [-0.3, -0.25) is 10.4 Å². The lowest BCUT2D eigenvalue weighted by atomic mass is 10.2. The quantitative estimate of drug-likeness (QED) is 0.337. The van der Waals surface area contributed by atoms with Gasteiger partial charge in [0.1, 0.15) is 0 Å². The number of nitrogens with one attached hydrogen (secondary N) is 2. The summed E-state index contributed by atoms with van der Waals surface area (Å²) >= 11 is 3.44. The number of para-hydroxylation sites is 1. The van der Waals surface area contributed by atoms with Crippen molar-refractivity contribution in [3.8, 4) is 0 Å². The molecule has 0 unspecified atom stereocenters. The Labute approximate surface area is 132 Å². The molecule has 1 aromatic carbocycles. The predicted octanol–water partition coefficient (Wildman–Crippen LogP) is 3.17. The normalized spacial score (nSPS) is 16.4. The van der Waals surface area contributed by atoms with Crippen molar-refractivity contribution in [1.82, 2.24) is 10.4 Å². The monoisotopic (exact) mass is 347 g/mol. The van der Waals surface area contributed by atoms with E-state index in [2.05, 4.69) is 36.6 Å². The Balaban J connectivity index is 1.89. The highest BCUT2D eigenvalue weighted by molar-refractivity contribution is 9.10. The lowest BCUT2D eigenvalue weighted by molar-refractivity contribution is 0.700. The average Bonchev–Trinajstić information content (AvgIpc) is 2.99. The molecule has 3 rings (SSSR count). The smallest absolute Gasteiger partial charge is 0.210 e. The van der Waals surface area contributed by atoms with Crippen molar-refractivity contribution in [3.63, 3.8) is 0 Å². The summed E-state index contributed by atoms with van der Waals surface area (Å²) in [6.45, 7) is 0. The first-order chi connectivity index (χ1) is 10.3. The molecule has 0 spiro atoms. The molecule has 1 aromatic heterocycles. The fraction of sp³-hybridized carbons (Fsp3) is 0.333. The van der Waals surface area contributed by atoms with Crippen LogP contribution in [0.3, 0.4) is 0 Å². The number of hydrogen-bond donors (Lipinski definition) is 3. The first-order valence-electron chi connectivity index (χ1n) is 7.12. The maximum absolute atomic E-state index is 5.60. The summed E-state index contributed by atoms with van der Waals surface area (Å²) < 4.78 is 0.962. The number of nitrogens with two attached hydrogens (primary N) is 1. The van der Waals surface area contributed by atoms with Crippen molar-refractivity contribution in [2.24, 2.45) is 10.8 Å². The molecule has 1 heterocycles. The molecule has 0 bridgehead atoms. The molecule has 0 atom stereocenters. The molecule has 0 saturated heterocycles. The third-order valence-corrected chi connectivity index (χ3v) is 4.14. The van der Waals surface area contributed by atoms with E-state index in [9.17, 15) is 0 Å². The Kier molecular flexibility index (Phi) is 4.36. The van der Waals surface area contributed by atoms with Crippen LogP contribution in [0.4, 0.5) is 5.69 Å². The topological polar surface area (TPSA) is 75.3 Å². The van der Waals surface area contributed by atoms with Gasteiger partial charge in [0.05, 0.1) is 17.2 Å². The van der Waals surface area contributed by atoms with Crippen LogP contribution in [0.25, 0.3) is 10.9 Å². The second kappa shape index (κ2) is 6.41. The van der Waals surface area contributed by atoms with E-state index in [-0.39, 0.29) is 0 Å². The molecule has 1 saturated carbocycles. The van der Waals surface area contributed by atoms with Crippen LogP contribution in [0, 0.1) is 0 Å². The zero-order valence-corrected chi connectivity index (χ0v) is 13.2. The molecular weight excluding hydrogens is 330 g/mol. The molecule has 6 heteroatoms. The number of halogens is 1. The fourth-order valence-corrected chi connectivity index (χ4v) is 3.03. The van der Waals surface area contributed by atoms with E-state index in [4.69, 9.17) is 5.84 Å². The highest BCUT2D eigenvalue weighted by atomic mass is 79.9. The van der Waals surface area contributed by atoms with Crippen molar-refractivity contribution >= 4 is 38.5 Å². The predicted molar refractivity (Wildman–Crippen MR) is 90.1 cm³/mol. The number of guanidine groups is 1. The van der Waals surface area contributed by atoms with E-state index in [1.807, 2.05) is 24.3 Å². The first kappa shape index (κ1) is 14.3. The van der Waals surface area contributed by atoms with Gasteiger partial charge in [0.2, 0.25) is 5.96 Å². The lowest BCUT2D eigenvalue weighted by Crippen LogP contribution is -2.37. The van der Waals surface area contributed by atoms with Gasteiger partial charge in [0.15, 0.2) is 0 Å². The number of hydrogen-bond acceptors (Lipinski definition) is 3. The van der Waals surface area contributed by atoms with Crippen LogP contribution in [-0.4, -0.2) is 17.0 Å². The largest absolute Gasteiger partial charge is 0.323 e. The molecule has 5 nitrogen and oxygen atoms in total. The first-order valence-corrected chi connectivity index (χ1v) is 7.91. The number of nitrogens with zero attached hydrogens (tertiary/aromatic N) is 2. The third-order valence-electron chi connectivity index (χ3n) is 3.70. The minimum absolute atomic E-state index is 0.362. The lowest BCUT2D eigenvalue weighted by Gasteiger charge is -2.13. The molecule has 0 amide bonds. The minimum atomic E-state index is 0.362. The van der Waals surface area contributed by atoms with Gasteiger partial charge < -0.3 is 5.32 Å². The van der Waals surface area contributed by atoms with Crippen LogP contribution < -0.4 is 16.6 Å². The Morgan fingerprint density at radius 2 is 2.14 bits per heavy atom. The number of fused-ring (bicyclic) bond motifs is 1. The summed E-state index contributed by atoms with van der Waals surface area (Å²) in [6, 6.07) is 8.40. The zero-order valence-electron chi connectivity index (χ0n) is 11.6. The van der Waals surface area contributed by atoms with Gasteiger partial charge in [0, 0.05) is 16.1 Å². The Bertz CT molecular complexity index is 664. The van der Waals surface area contributed by atoms with E-state index in [1.54, 1.807) is 6.20 Å². The highest BCUT2D eigenvalue weighted by Gasteiger charge is 2.15. The van der Waals surface area contributed by atoms with Gasteiger partial charge in [-0.05, 0) is 40.9 Å². The number of pyridine rings is 1. The third kappa shape index (κ3) is 3.33.